The molecule has 5 aromatic rings. The van der Waals surface area contributed by atoms with E-state index in [9.17, 15) is 9.59 Å². The zero-order valence-electron chi connectivity index (χ0n) is 18.0. The minimum atomic E-state index is -0.187. The number of hydrogen-bond donors (Lipinski definition) is 0. The van der Waals surface area contributed by atoms with Gasteiger partial charge in [-0.05, 0) is 0 Å². The number of pyridine rings is 1. The molecule has 0 unspecified atom stereocenters. The van der Waals surface area contributed by atoms with E-state index in [1.54, 1.807) is 24.3 Å². The first-order valence-electron chi connectivity index (χ1n) is 10.9. The first kappa shape index (κ1) is 19.0. The molecular weight excluding hydrogens is 475 g/mol. The molecule has 2 aromatic carbocycles. The van der Waals surface area contributed by atoms with E-state index in [-0.39, 0.29) is 37.1 Å². The predicted octanol–water partition coefficient (Wildman–Crippen LogP) is 5.34. The van der Waals surface area contributed by atoms with E-state index in [0.717, 1.165) is 15.5 Å². The maximum atomic E-state index is 13.0. The van der Waals surface area contributed by atoms with Crippen molar-refractivity contribution < 1.29 is 9.59 Å². The van der Waals surface area contributed by atoms with Gasteiger partial charge in [-0.25, -0.2) is 0 Å². The molecule has 158 valence electrons. The number of ketones is 2. The molecule has 0 N–H and O–H groups in total. The molecule has 0 spiro atoms. The third kappa shape index (κ3) is 2.33. The van der Waals surface area contributed by atoms with Gasteiger partial charge in [0.1, 0.15) is 0 Å². The van der Waals surface area contributed by atoms with Gasteiger partial charge < -0.3 is 0 Å². The Kier molecular flexibility index (Phi) is 3.62. The van der Waals surface area contributed by atoms with Crippen LogP contribution in [0.1, 0.15) is 50.1 Å². The normalized spacial score (nSPS) is 15.9. The van der Waals surface area contributed by atoms with Crippen molar-refractivity contribution in [1.82, 2.24) is 9.55 Å². The van der Waals surface area contributed by atoms with Crippen LogP contribution >= 0.6 is 0 Å². The van der Waals surface area contributed by atoms with Crippen LogP contribution in [0.3, 0.4) is 0 Å². The SMILES string of the molecule is CC1(C)c2cc(C=C3C(=O)c4ccccc4C3=O)[se]c2-n2c3ncccc3c3cccc1c32. The summed E-state index contributed by atoms with van der Waals surface area (Å²) >= 11 is -0.0567. The van der Waals surface area contributed by atoms with Crippen molar-refractivity contribution in [2.24, 2.45) is 0 Å². The van der Waals surface area contributed by atoms with Crippen molar-refractivity contribution in [3.63, 3.8) is 0 Å². The molecule has 4 nitrogen and oxygen atoms in total. The van der Waals surface area contributed by atoms with Crippen LogP contribution in [0.4, 0.5) is 0 Å². The number of carbonyl (C=O) groups excluding carboxylic acids is 2. The molecule has 1 aliphatic carbocycles. The molecule has 2 aliphatic rings. The Morgan fingerprint density at radius 2 is 1.61 bits per heavy atom. The van der Waals surface area contributed by atoms with Gasteiger partial charge in [-0.3, -0.25) is 0 Å². The van der Waals surface area contributed by atoms with E-state index in [2.05, 4.69) is 48.7 Å². The van der Waals surface area contributed by atoms with Gasteiger partial charge >= 0.3 is 196 Å². The van der Waals surface area contributed by atoms with Crippen LogP contribution in [0.15, 0.2) is 72.4 Å². The van der Waals surface area contributed by atoms with Crippen LogP contribution < -0.4 is 0 Å². The third-order valence-corrected chi connectivity index (χ3v) is 9.26. The number of Topliss-reactive ketones (excluding diaryl/α,β-unsaturated/α-hetero) is 2. The second-order valence-electron chi connectivity index (χ2n) is 9.17. The molecule has 0 amide bonds. The Morgan fingerprint density at radius 3 is 2.36 bits per heavy atom. The summed E-state index contributed by atoms with van der Waals surface area (Å²) in [6, 6.07) is 19.9. The average Bonchev–Trinajstić information content (AvgIpc) is 3.47. The zero-order valence-corrected chi connectivity index (χ0v) is 19.8. The van der Waals surface area contributed by atoms with Crippen LogP contribution in [-0.2, 0) is 5.41 Å². The summed E-state index contributed by atoms with van der Waals surface area (Å²) in [4.78, 5) is 30.7. The van der Waals surface area contributed by atoms with Crippen molar-refractivity contribution in [2.75, 3.05) is 0 Å². The van der Waals surface area contributed by atoms with Crippen LogP contribution in [-0.4, -0.2) is 35.6 Å². The number of fused-ring (bicyclic) bond motifs is 6. The standard InChI is InChI=1S/C28H18N2O2Se/c1-28(2)21-11-5-9-16-19-10-6-12-29-26(19)30(23(16)21)27-22(28)14-15(33-27)13-20-24(31)17-7-3-4-8-18(17)25(20)32/h3-14H,1-2H3. The molecule has 4 heterocycles. The van der Waals surface area contributed by atoms with E-state index < -0.39 is 0 Å². The fourth-order valence-electron chi connectivity index (χ4n) is 5.37. The van der Waals surface area contributed by atoms with Crippen molar-refractivity contribution in [1.29, 1.82) is 0 Å². The van der Waals surface area contributed by atoms with E-state index in [1.807, 2.05) is 18.3 Å². The molecule has 3 aromatic heterocycles. The topological polar surface area (TPSA) is 52.0 Å². The molecule has 0 bridgehead atoms. The number of aromatic nitrogens is 2. The summed E-state index contributed by atoms with van der Waals surface area (Å²) < 4.78 is 4.60. The quantitative estimate of drug-likeness (QED) is 0.180. The van der Waals surface area contributed by atoms with Crippen molar-refractivity contribution >= 4 is 54.1 Å². The molecule has 0 saturated heterocycles. The molecule has 1 aliphatic heterocycles. The number of rotatable bonds is 1. The monoisotopic (exact) mass is 494 g/mol. The van der Waals surface area contributed by atoms with Gasteiger partial charge in [0, 0.05) is 0 Å². The van der Waals surface area contributed by atoms with Crippen LogP contribution in [0.2, 0.25) is 0 Å². The number of para-hydroxylation sites is 1. The first-order chi connectivity index (χ1) is 16.0. The van der Waals surface area contributed by atoms with Gasteiger partial charge in [-0.2, -0.15) is 0 Å². The Morgan fingerprint density at radius 1 is 0.879 bits per heavy atom. The first-order valence-corrected chi connectivity index (χ1v) is 12.6. The van der Waals surface area contributed by atoms with Crippen LogP contribution in [0, 0.1) is 0 Å². The molecule has 0 atom stereocenters. The summed E-state index contributed by atoms with van der Waals surface area (Å²) in [7, 11) is 0. The number of carbonyl (C=O) groups is 2. The number of nitrogens with zero attached hydrogens (tertiary/aromatic N) is 2. The Hall–Kier alpha value is -3.53. The molecule has 5 heteroatoms. The zero-order chi connectivity index (χ0) is 22.5. The van der Waals surface area contributed by atoms with Gasteiger partial charge in [0.2, 0.25) is 0 Å². The molecule has 0 fully saturated rings. The average molecular weight is 493 g/mol. The van der Waals surface area contributed by atoms with Gasteiger partial charge in [0.25, 0.3) is 0 Å². The van der Waals surface area contributed by atoms with Gasteiger partial charge in [-0.15, -0.1) is 0 Å². The molecule has 0 radical (unpaired) electrons. The summed E-state index contributed by atoms with van der Waals surface area (Å²) in [5, 5.41) is 2.37. The van der Waals surface area contributed by atoms with Crippen LogP contribution in [0.5, 0.6) is 0 Å². The summed E-state index contributed by atoms with van der Waals surface area (Å²) in [6.45, 7) is 4.52. The molecule has 7 rings (SSSR count). The van der Waals surface area contributed by atoms with Crippen molar-refractivity contribution in [3.05, 3.63) is 99.1 Å². The molecular formula is C28H18N2O2Se. The molecule has 33 heavy (non-hydrogen) atoms. The van der Waals surface area contributed by atoms with Crippen LogP contribution in [0.25, 0.3) is 32.6 Å². The van der Waals surface area contributed by atoms with E-state index in [1.165, 1.54) is 26.6 Å². The number of allylic oxidation sites excluding steroid dienone is 1. The number of hydrogen-bond acceptors (Lipinski definition) is 3. The van der Waals surface area contributed by atoms with E-state index in [0.29, 0.717) is 11.1 Å². The van der Waals surface area contributed by atoms with Gasteiger partial charge in [0.05, 0.1) is 0 Å². The summed E-state index contributed by atoms with van der Waals surface area (Å²) in [6.07, 6.45) is 3.68. The van der Waals surface area contributed by atoms with Crippen molar-refractivity contribution in [2.45, 2.75) is 19.3 Å². The Labute approximate surface area is 195 Å². The predicted molar refractivity (Wildman–Crippen MR) is 131 cm³/mol. The Bertz CT molecular complexity index is 1690. The second kappa shape index (κ2) is 6.28. The summed E-state index contributed by atoms with van der Waals surface area (Å²) in [5.74, 6) is -0.342. The second-order valence-corrected chi connectivity index (χ2v) is 11.4. The fourth-order valence-corrected chi connectivity index (χ4v) is 8.04. The van der Waals surface area contributed by atoms with Gasteiger partial charge in [-0.1, -0.05) is 0 Å². The van der Waals surface area contributed by atoms with Gasteiger partial charge in [0.15, 0.2) is 0 Å². The Balaban J connectivity index is 1.49. The van der Waals surface area contributed by atoms with Crippen molar-refractivity contribution in [3.8, 4) is 4.56 Å². The molecule has 0 saturated carbocycles. The minimum absolute atomic E-state index is 0.0567. The number of benzene rings is 2. The summed E-state index contributed by atoms with van der Waals surface area (Å²) in [5.41, 5.74) is 5.81. The maximum absolute atomic E-state index is 13.0. The third-order valence-electron chi connectivity index (χ3n) is 7.02. The van der Waals surface area contributed by atoms with E-state index in [4.69, 9.17) is 4.98 Å². The van der Waals surface area contributed by atoms with E-state index >= 15 is 0 Å². The fraction of sp³-hybridized carbons (Fsp3) is 0.107.